The molecule has 0 aromatic rings. The molecule has 0 saturated carbocycles. The zero-order valence-corrected chi connectivity index (χ0v) is 11.2. The normalized spacial score (nSPS) is 11.8. The number of nitrogens with one attached hydrogen (secondary N) is 1. The van der Waals surface area contributed by atoms with Crippen LogP contribution in [0.1, 0.15) is 58.3 Å². The first-order valence-corrected chi connectivity index (χ1v) is 6.96. The van der Waals surface area contributed by atoms with E-state index in [2.05, 4.69) is 17.2 Å². The SMILES string of the molecule is CCCCCCNC(N)=NCCCCCCO. The van der Waals surface area contributed by atoms with Gasteiger partial charge in [-0.1, -0.05) is 39.0 Å². The Morgan fingerprint density at radius 2 is 1.76 bits per heavy atom. The lowest BCUT2D eigenvalue weighted by Gasteiger charge is -2.05. The molecule has 0 rings (SSSR count). The van der Waals surface area contributed by atoms with Crippen LogP contribution in [0.4, 0.5) is 0 Å². The molecule has 4 nitrogen and oxygen atoms in total. The lowest BCUT2D eigenvalue weighted by Crippen LogP contribution is -2.32. The first kappa shape index (κ1) is 16.2. The second kappa shape index (κ2) is 13.3. The molecule has 0 aliphatic rings. The molecule has 0 spiro atoms. The lowest BCUT2D eigenvalue weighted by atomic mass is 10.2. The van der Waals surface area contributed by atoms with E-state index in [1.807, 2.05) is 0 Å². The first-order chi connectivity index (χ1) is 8.31. The van der Waals surface area contributed by atoms with E-state index in [9.17, 15) is 0 Å². The second-order valence-electron chi connectivity index (χ2n) is 4.39. The molecule has 0 atom stereocenters. The van der Waals surface area contributed by atoms with Crippen LogP contribution >= 0.6 is 0 Å². The van der Waals surface area contributed by atoms with Gasteiger partial charge in [-0.25, -0.2) is 0 Å². The van der Waals surface area contributed by atoms with E-state index in [4.69, 9.17) is 10.8 Å². The summed E-state index contributed by atoms with van der Waals surface area (Å²) in [5.41, 5.74) is 5.73. The van der Waals surface area contributed by atoms with Crippen LogP contribution in [-0.2, 0) is 0 Å². The highest BCUT2D eigenvalue weighted by molar-refractivity contribution is 5.77. The summed E-state index contributed by atoms with van der Waals surface area (Å²) in [5, 5.41) is 11.7. The zero-order valence-electron chi connectivity index (χ0n) is 11.2. The Bertz CT molecular complexity index is 184. The third-order valence-corrected chi connectivity index (χ3v) is 2.68. The van der Waals surface area contributed by atoms with Gasteiger partial charge >= 0.3 is 0 Å². The van der Waals surface area contributed by atoms with E-state index in [1.165, 1.54) is 25.7 Å². The third-order valence-electron chi connectivity index (χ3n) is 2.68. The van der Waals surface area contributed by atoms with Crippen LogP contribution in [0.2, 0.25) is 0 Å². The number of unbranched alkanes of at least 4 members (excludes halogenated alkanes) is 6. The maximum Gasteiger partial charge on any atom is 0.188 e. The fourth-order valence-corrected chi connectivity index (χ4v) is 1.60. The minimum atomic E-state index is 0.296. The van der Waals surface area contributed by atoms with Crippen molar-refractivity contribution in [1.29, 1.82) is 0 Å². The van der Waals surface area contributed by atoms with Crippen LogP contribution in [0.15, 0.2) is 4.99 Å². The van der Waals surface area contributed by atoms with Crippen molar-refractivity contribution >= 4 is 5.96 Å². The van der Waals surface area contributed by atoms with Crippen molar-refractivity contribution < 1.29 is 5.11 Å². The Morgan fingerprint density at radius 3 is 2.47 bits per heavy atom. The van der Waals surface area contributed by atoms with E-state index in [1.54, 1.807) is 0 Å². The molecule has 4 heteroatoms. The number of aliphatic hydroxyl groups excluding tert-OH is 1. The molecule has 0 bridgehead atoms. The standard InChI is InChI=1S/C13H29N3O/c1-2-3-4-7-10-15-13(14)16-11-8-5-6-9-12-17/h17H,2-12H2,1H3,(H3,14,15,16). The molecule has 17 heavy (non-hydrogen) atoms. The van der Waals surface area contributed by atoms with Gasteiger partial charge in [0.1, 0.15) is 0 Å². The molecule has 0 aliphatic heterocycles. The fourth-order valence-electron chi connectivity index (χ4n) is 1.60. The van der Waals surface area contributed by atoms with Gasteiger partial charge in [-0.05, 0) is 19.3 Å². The Kier molecular flexibility index (Phi) is 12.7. The van der Waals surface area contributed by atoms with Crippen molar-refractivity contribution in [3.05, 3.63) is 0 Å². The van der Waals surface area contributed by atoms with Crippen LogP contribution in [0.3, 0.4) is 0 Å². The maximum atomic E-state index is 8.61. The van der Waals surface area contributed by atoms with Gasteiger partial charge in [-0.2, -0.15) is 0 Å². The molecule has 0 heterocycles. The summed E-state index contributed by atoms with van der Waals surface area (Å²) in [4.78, 5) is 4.26. The number of nitrogens with zero attached hydrogens (tertiary/aromatic N) is 1. The molecule has 0 saturated heterocycles. The van der Waals surface area contributed by atoms with Gasteiger partial charge in [0.2, 0.25) is 0 Å². The Balaban J connectivity index is 3.26. The van der Waals surface area contributed by atoms with Crippen molar-refractivity contribution in [3.8, 4) is 0 Å². The summed E-state index contributed by atoms with van der Waals surface area (Å²) in [6.07, 6.45) is 9.14. The predicted octanol–water partition coefficient (Wildman–Crippen LogP) is 2.02. The molecule has 4 N–H and O–H groups in total. The minimum Gasteiger partial charge on any atom is -0.396 e. The van der Waals surface area contributed by atoms with E-state index in [-0.39, 0.29) is 0 Å². The van der Waals surface area contributed by atoms with Crippen LogP contribution in [-0.4, -0.2) is 30.8 Å². The van der Waals surface area contributed by atoms with Gasteiger partial charge in [-0.15, -0.1) is 0 Å². The van der Waals surface area contributed by atoms with Crippen molar-refractivity contribution in [2.24, 2.45) is 10.7 Å². The summed E-state index contributed by atoms with van der Waals surface area (Å²) in [5.74, 6) is 0.573. The average molecular weight is 243 g/mol. The Morgan fingerprint density at radius 1 is 1.06 bits per heavy atom. The number of aliphatic hydroxyl groups is 1. The summed E-state index contributed by atoms with van der Waals surface area (Å²) in [7, 11) is 0. The smallest absolute Gasteiger partial charge is 0.188 e. The first-order valence-electron chi connectivity index (χ1n) is 6.96. The molecule has 0 unspecified atom stereocenters. The zero-order chi connectivity index (χ0) is 12.8. The second-order valence-corrected chi connectivity index (χ2v) is 4.39. The molecular weight excluding hydrogens is 214 g/mol. The number of hydrogen-bond donors (Lipinski definition) is 3. The number of rotatable bonds is 11. The molecule has 0 aromatic heterocycles. The quantitative estimate of drug-likeness (QED) is 0.295. The third kappa shape index (κ3) is 13.2. The number of nitrogens with two attached hydrogens (primary N) is 1. The van der Waals surface area contributed by atoms with Crippen LogP contribution in [0, 0.1) is 0 Å². The van der Waals surface area contributed by atoms with Crippen molar-refractivity contribution in [1.82, 2.24) is 5.32 Å². The molecule has 0 aromatic carbocycles. The van der Waals surface area contributed by atoms with Crippen molar-refractivity contribution in [2.75, 3.05) is 19.7 Å². The van der Waals surface area contributed by atoms with Crippen molar-refractivity contribution in [2.45, 2.75) is 58.3 Å². The average Bonchev–Trinajstić information content (AvgIpc) is 2.33. The predicted molar refractivity (Wildman–Crippen MR) is 74.2 cm³/mol. The maximum absolute atomic E-state index is 8.61. The summed E-state index contributed by atoms with van der Waals surface area (Å²) >= 11 is 0. The summed E-state index contributed by atoms with van der Waals surface area (Å²) < 4.78 is 0. The molecule has 0 aliphatic carbocycles. The fraction of sp³-hybridized carbons (Fsp3) is 0.923. The van der Waals surface area contributed by atoms with Gasteiger partial charge in [0.05, 0.1) is 0 Å². The summed E-state index contributed by atoms with van der Waals surface area (Å²) in [6.45, 7) is 4.23. The van der Waals surface area contributed by atoms with E-state index in [0.29, 0.717) is 12.6 Å². The molecule has 0 fully saturated rings. The number of hydrogen-bond acceptors (Lipinski definition) is 2. The van der Waals surface area contributed by atoms with E-state index < -0.39 is 0 Å². The van der Waals surface area contributed by atoms with Gasteiger partial charge in [0.15, 0.2) is 5.96 Å². The van der Waals surface area contributed by atoms with Crippen LogP contribution in [0.25, 0.3) is 0 Å². The Labute approximate surface area is 106 Å². The van der Waals surface area contributed by atoms with E-state index >= 15 is 0 Å². The largest absolute Gasteiger partial charge is 0.396 e. The Hall–Kier alpha value is -0.770. The number of aliphatic imine (C=N–C) groups is 1. The molecule has 0 radical (unpaired) electrons. The van der Waals surface area contributed by atoms with Crippen molar-refractivity contribution in [3.63, 3.8) is 0 Å². The molecular formula is C13H29N3O. The monoisotopic (exact) mass is 243 g/mol. The summed E-state index contributed by atoms with van der Waals surface area (Å²) in [6, 6.07) is 0. The molecule has 102 valence electrons. The number of guanidine groups is 1. The highest BCUT2D eigenvalue weighted by Gasteiger charge is 1.92. The van der Waals surface area contributed by atoms with Gasteiger partial charge in [0, 0.05) is 19.7 Å². The topological polar surface area (TPSA) is 70.6 Å². The van der Waals surface area contributed by atoms with Gasteiger partial charge in [0.25, 0.3) is 0 Å². The van der Waals surface area contributed by atoms with Gasteiger partial charge in [-0.3, -0.25) is 4.99 Å². The molecule has 0 amide bonds. The lowest BCUT2D eigenvalue weighted by molar-refractivity contribution is 0.282. The van der Waals surface area contributed by atoms with Crippen LogP contribution < -0.4 is 11.1 Å². The van der Waals surface area contributed by atoms with Gasteiger partial charge < -0.3 is 16.2 Å². The highest BCUT2D eigenvalue weighted by Crippen LogP contribution is 1.99. The van der Waals surface area contributed by atoms with Crippen LogP contribution in [0.5, 0.6) is 0 Å². The minimum absolute atomic E-state index is 0.296. The van der Waals surface area contributed by atoms with E-state index in [0.717, 1.165) is 38.8 Å². The highest BCUT2D eigenvalue weighted by atomic mass is 16.2.